The molecule has 0 fully saturated rings. The smallest absolute Gasteiger partial charge is 0.335 e. The van der Waals surface area contributed by atoms with Crippen LogP contribution in [0, 0.1) is 5.92 Å². The maximum Gasteiger partial charge on any atom is 0.335 e. The van der Waals surface area contributed by atoms with Crippen LogP contribution in [0.1, 0.15) is 53.5 Å². The highest BCUT2D eigenvalue weighted by Crippen LogP contribution is 2.28. The Labute approximate surface area is 196 Å². The molecular formula is C23H29N3O8. The molecule has 1 aromatic carbocycles. The minimum absolute atomic E-state index is 0.00368. The first-order valence-electron chi connectivity index (χ1n) is 10.8. The van der Waals surface area contributed by atoms with Crippen molar-refractivity contribution in [2.45, 2.75) is 32.6 Å². The zero-order chi connectivity index (χ0) is 25.1. The Morgan fingerprint density at radius 2 is 1.94 bits per heavy atom. The highest BCUT2D eigenvalue weighted by atomic mass is 16.5. The van der Waals surface area contributed by atoms with E-state index in [1.807, 2.05) is 6.92 Å². The van der Waals surface area contributed by atoms with Gasteiger partial charge < -0.3 is 24.9 Å². The summed E-state index contributed by atoms with van der Waals surface area (Å²) in [5.74, 6) is -2.20. The first kappa shape index (κ1) is 26.4. The van der Waals surface area contributed by atoms with Crippen molar-refractivity contribution >= 4 is 24.2 Å². The second-order valence-corrected chi connectivity index (χ2v) is 7.56. The molecule has 1 aromatic heterocycles. The lowest BCUT2D eigenvalue weighted by molar-refractivity contribution is -0.154. The topological polar surface area (TPSA) is 158 Å². The number of carboxylic acid groups (broad SMARTS) is 1. The molecule has 0 bridgehead atoms. The number of rotatable bonds is 14. The van der Waals surface area contributed by atoms with E-state index in [0.717, 1.165) is 19.3 Å². The third-order valence-corrected chi connectivity index (χ3v) is 5.07. The first-order valence-corrected chi connectivity index (χ1v) is 10.8. The Hall–Kier alpha value is -3.86. The predicted molar refractivity (Wildman–Crippen MR) is 120 cm³/mol. The number of unbranched alkanes of at least 4 members (excludes halogenated alkanes) is 2. The number of hydrogen-bond acceptors (Lipinski definition) is 7. The fourth-order valence-electron chi connectivity index (χ4n) is 3.26. The number of furan rings is 1. The molecule has 3 amide bonds. The fourth-order valence-corrected chi connectivity index (χ4v) is 3.26. The monoisotopic (exact) mass is 475 g/mol. The van der Waals surface area contributed by atoms with E-state index < -0.39 is 23.7 Å². The van der Waals surface area contributed by atoms with Crippen LogP contribution in [0.4, 0.5) is 0 Å². The lowest BCUT2D eigenvalue weighted by Crippen LogP contribution is -2.42. The van der Waals surface area contributed by atoms with Gasteiger partial charge in [0.15, 0.2) is 5.76 Å². The molecule has 0 aliphatic rings. The van der Waals surface area contributed by atoms with Crippen LogP contribution < -0.4 is 15.4 Å². The summed E-state index contributed by atoms with van der Waals surface area (Å²) in [6.07, 6.45) is 3.35. The summed E-state index contributed by atoms with van der Waals surface area (Å²) in [7, 11) is 1.41. The van der Waals surface area contributed by atoms with Gasteiger partial charge in [-0.2, -0.15) is 0 Å². The van der Waals surface area contributed by atoms with Gasteiger partial charge in [-0.15, -0.1) is 0 Å². The largest absolute Gasteiger partial charge is 0.497 e. The highest BCUT2D eigenvalue weighted by Gasteiger charge is 2.21. The van der Waals surface area contributed by atoms with Crippen LogP contribution >= 0.6 is 0 Å². The van der Waals surface area contributed by atoms with Gasteiger partial charge in [-0.05, 0) is 36.8 Å². The number of carbonyl (C=O) groups excluding carboxylic acids is 3. The van der Waals surface area contributed by atoms with Crippen molar-refractivity contribution in [3.8, 4) is 17.1 Å². The Kier molecular flexibility index (Phi) is 10.1. The Balaban J connectivity index is 1.98. The van der Waals surface area contributed by atoms with Gasteiger partial charge in [-0.3, -0.25) is 19.6 Å². The Bertz CT molecular complexity index is 1000. The van der Waals surface area contributed by atoms with E-state index in [-0.39, 0.29) is 36.7 Å². The number of benzene rings is 1. The molecule has 11 heteroatoms. The zero-order valence-corrected chi connectivity index (χ0v) is 19.1. The van der Waals surface area contributed by atoms with Crippen LogP contribution in [-0.2, 0) is 9.59 Å². The number of nitrogens with zero attached hydrogens (tertiary/aromatic N) is 1. The quantitative estimate of drug-likeness (QED) is 0.107. The standard InChI is InChI=1S/C23H29N3O8/c1-3-4-5-6-15(12-26(32)14-27)21(28)24-13-25-22(29)20-8-7-19(34-20)16-9-17(23(30)31)11-18(10-16)33-2/h7-11,14-15,32H,3-6,12-13H2,1-2H3,(H,24,28)(H,25,29)(H,30,31)/t15-/m1/s1. The lowest BCUT2D eigenvalue weighted by Gasteiger charge is -2.19. The van der Waals surface area contributed by atoms with Crippen LogP contribution in [0.2, 0.25) is 0 Å². The summed E-state index contributed by atoms with van der Waals surface area (Å²) >= 11 is 0. The number of methoxy groups -OCH3 is 1. The molecule has 11 nitrogen and oxygen atoms in total. The van der Waals surface area contributed by atoms with Gasteiger partial charge in [0.25, 0.3) is 5.91 Å². The molecule has 4 N–H and O–H groups in total. The van der Waals surface area contributed by atoms with E-state index in [1.165, 1.54) is 31.4 Å². The molecule has 0 aliphatic carbocycles. The molecule has 1 heterocycles. The minimum atomic E-state index is -1.13. The maximum absolute atomic E-state index is 12.4. The van der Waals surface area contributed by atoms with Crippen molar-refractivity contribution in [3.05, 3.63) is 41.7 Å². The third kappa shape index (κ3) is 7.62. The molecule has 2 rings (SSSR count). The van der Waals surface area contributed by atoms with Gasteiger partial charge in [-0.25, -0.2) is 9.86 Å². The number of ether oxygens (including phenoxy) is 1. The van der Waals surface area contributed by atoms with Crippen molar-refractivity contribution in [2.24, 2.45) is 5.92 Å². The number of amides is 3. The minimum Gasteiger partial charge on any atom is -0.497 e. The average Bonchev–Trinajstić information content (AvgIpc) is 3.33. The van der Waals surface area contributed by atoms with E-state index in [9.17, 15) is 29.5 Å². The number of carbonyl (C=O) groups is 4. The van der Waals surface area contributed by atoms with Crippen LogP contribution in [0.15, 0.2) is 34.7 Å². The summed E-state index contributed by atoms with van der Waals surface area (Å²) < 4.78 is 10.7. The number of nitrogens with one attached hydrogen (secondary N) is 2. The van der Waals surface area contributed by atoms with Crippen molar-refractivity contribution in [3.63, 3.8) is 0 Å². The van der Waals surface area contributed by atoms with Gasteiger partial charge in [0.2, 0.25) is 12.3 Å². The van der Waals surface area contributed by atoms with Gasteiger partial charge in [0.05, 0.1) is 31.8 Å². The molecule has 0 aliphatic heterocycles. The summed E-state index contributed by atoms with van der Waals surface area (Å²) in [5.41, 5.74) is 0.423. The van der Waals surface area contributed by atoms with Crippen LogP contribution in [0.5, 0.6) is 5.75 Å². The number of aromatic carboxylic acids is 1. The average molecular weight is 475 g/mol. The molecule has 1 atom stereocenters. The van der Waals surface area contributed by atoms with Gasteiger partial charge in [0.1, 0.15) is 11.5 Å². The summed E-state index contributed by atoms with van der Waals surface area (Å²) in [6, 6.07) is 7.29. The summed E-state index contributed by atoms with van der Waals surface area (Å²) in [5, 5.41) is 24.2. The molecule has 0 unspecified atom stereocenters. The van der Waals surface area contributed by atoms with E-state index in [2.05, 4.69) is 10.6 Å². The number of hydrogen-bond donors (Lipinski definition) is 4. The Morgan fingerprint density at radius 3 is 2.59 bits per heavy atom. The summed E-state index contributed by atoms with van der Waals surface area (Å²) in [6.45, 7) is 1.69. The maximum atomic E-state index is 12.4. The molecule has 0 saturated heterocycles. The van der Waals surface area contributed by atoms with E-state index in [1.54, 1.807) is 6.07 Å². The second kappa shape index (κ2) is 13.0. The molecule has 0 saturated carbocycles. The summed E-state index contributed by atoms with van der Waals surface area (Å²) in [4.78, 5) is 46.9. The third-order valence-electron chi connectivity index (χ3n) is 5.07. The predicted octanol–water partition coefficient (Wildman–Crippen LogP) is 2.50. The van der Waals surface area contributed by atoms with Crippen molar-refractivity contribution < 1.29 is 38.6 Å². The van der Waals surface area contributed by atoms with Crippen molar-refractivity contribution in [2.75, 3.05) is 20.3 Å². The molecule has 0 spiro atoms. The lowest BCUT2D eigenvalue weighted by atomic mass is 10.0. The van der Waals surface area contributed by atoms with Gasteiger partial charge in [-0.1, -0.05) is 26.2 Å². The molecule has 184 valence electrons. The van der Waals surface area contributed by atoms with E-state index in [0.29, 0.717) is 22.8 Å². The SMILES string of the molecule is CCCCC[C@H](CN(O)C=O)C(=O)NCNC(=O)c1ccc(-c2cc(OC)cc(C(=O)O)c2)o1. The van der Waals surface area contributed by atoms with Crippen LogP contribution in [0.3, 0.4) is 0 Å². The van der Waals surface area contributed by atoms with Crippen LogP contribution in [0.25, 0.3) is 11.3 Å². The molecule has 34 heavy (non-hydrogen) atoms. The molecule has 0 radical (unpaired) electrons. The van der Waals surface area contributed by atoms with E-state index >= 15 is 0 Å². The molecular weight excluding hydrogens is 446 g/mol. The van der Waals surface area contributed by atoms with E-state index in [4.69, 9.17) is 9.15 Å². The fraction of sp³-hybridized carbons (Fsp3) is 0.391. The number of carboxylic acids is 1. The van der Waals surface area contributed by atoms with Crippen LogP contribution in [-0.4, -0.2) is 59.9 Å². The second-order valence-electron chi connectivity index (χ2n) is 7.56. The Morgan fingerprint density at radius 1 is 1.18 bits per heavy atom. The van der Waals surface area contributed by atoms with Crippen molar-refractivity contribution in [1.29, 1.82) is 0 Å². The normalized spacial score (nSPS) is 11.4. The van der Waals surface area contributed by atoms with Gasteiger partial charge in [0, 0.05) is 5.56 Å². The van der Waals surface area contributed by atoms with Gasteiger partial charge >= 0.3 is 5.97 Å². The zero-order valence-electron chi connectivity index (χ0n) is 19.1. The molecule has 2 aromatic rings. The first-order chi connectivity index (χ1) is 16.3. The number of hydroxylamine groups is 2. The highest BCUT2D eigenvalue weighted by molar-refractivity contribution is 5.93. The van der Waals surface area contributed by atoms with Crippen molar-refractivity contribution in [1.82, 2.24) is 15.7 Å².